The van der Waals surface area contributed by atoms with Crippen LogP contribution < -0.4 is 5.32 Å². The summed E-state index contributed by atoms with van der Waals surface area (Å²) in [6, 6.07) is 15.2. The van der Waals surface area contributed by atoms with Crippen LogP contribution in [0.15, 0.2) is 57.9 Å². The van der Waals surface area contributed by atoms with Gasteiger partial charge in [0.1, 0.15) is 0 Å². The van der Waals surface area contributed by atoms with E-state index in [2.05, 4.69) is 45.5 Å². The zero-order valence-electron chi connectivity index (χ0n) is 13.3. The molecule has 0 fully saturated rings. The van der Waals surface area contributed by atoms with Gasteiger partial charge in [-0.25, -0.2) is 4.79 Å². The fourth-order valence-corrected chi connectivity index (χ4v) is 3.10. The Morgan fingerprint density at radius 3 is 2.54 bits per heavy atom. The average Bonchev–Trinajstić information content (AvgIpc) is 2.58. The van der Waals surface area contributed by atoms with Crippen molar-refractivity contribution < 1.29 is 14.3 Å². The predicted octanol–water partition coefficient (Wildman–Crippen LogP) is 3.82. The van der Waals surface area contributed by atoms with Crippen molar-refractivity contribution in [3.05, 3.63) is 64.1 Å². The lowest BCUT2D eigenvalue weighted by Gasteiger charge is -2.07. The van der Waals surface area contributed by atoms with Crippen LogP contribution in [0, 0.1) is 6.92 Å². The van der Waals surface area contributed by atoms with Crippen LogP contribution in [0.4, 0.5) is 0 Å². The second-order valence-corrected chi connectivity index (χ2v) is 7.09. The SMILES string of the molecule is Cc1ccc(SCCNC(=O)COC(=O)c2ccccc2Br)cc1. The van der Waals surface area contributed by atoms with E-state index < -0.39 is 5.97 Å². The molecule has 0 aromatic heterocycles. The number of aryl methyl sites for hydroxylation is 1. The normalized spacial score (nSPS) is 10.2. The lowest BCUT2D eigenvalue weighted by atomic mass is 10.2. The van der Waals surface area contributed by atoms with Crippen LogP contribution in [0.5, 0.6) is 0 Å². The van der Waals surface area contributed by atoms with E-state index in [-0.39, 0.29) is 12.5 Å². The molecule has 0 heterocycles. The molecule has 2 aromatic carbocycles. The van der Waals surface area contributed by atoms with E-state index in [0.29, 0.717) is 16.6 Å². The Hall–Kier alpha value is -1.79. The Bertz CT molecular complexity index is 704. The van der Waals surface area contributed by atoms with Crippen LogP contribution in [0.1, 0.15) is 15.9 Å². The van der Waals surface area contributed by atoms with Crippen LogP contribution in [0.3, 0.4) is 0 Å². The summed E-state index contributed by atoms with van der Waals surface area (Å²) >= 11 is 4.94. The highest BCUT2D eigenvalue weighted by molar-refractivity contribution is 9.10. The van der Waals surface area contributed by atoms with Crippen molar-refractivity contribution in [2.75, 3.05) is 18.9 Å². The van der Waals surface area contributed by atoms with Gasteiger partial charge >= 0.3 is 5.97 Å². The molecule has 0 unspecified atom stereocenters. The largest absolute Gasteiger partial charge is 0.452 e. The molecule has 0 saturated heterocycles. The number of nitrogens with one attached hydrogen (secondary N) is 1. The van der Waals surface area contributed by atoms with Gasteiger partial charge in [-0.15, -0.1) is 11.8 Å². The average molecular weight is 408 g/mol. The van der Waals surface area contributed by atoms with Crippen LogP contribution in [0.25, 0.3) is 0 Å². The number of thioether (sulfide) groups is 1. The zero-order chi connectivity index (χ0) is 17.4. The standard InChI is InChI=1S/C18H18BrNO3S/c1-13-6-8-14(9-7-13)24-11-10-20-17(21)12-23-18(22)15-4-2-3-5-16(15)19/h2-9H,10-12H2,1H3,(H,20,21). The molecular formula is C18H18BrNO3S. The highest BCUT2D eigenvalue weighted by atomic mass is 79.9. The fourth-order valence-electron chi connectivity index (χ4n) is 1.88. The minimum absolute atomic E-state index is 0.282. The summed E-state index contributed by atoms with van der Waals surface area (Å²) in [7, 11) is 0. The second-order valence-electron chi connectivity index (χ2n) is 5.07. The highest BCUT2D eigenvalue weighted by Gasteiger charge is 2.12. The first-order chi connectivity index (χ1) is 11.6. The maximum absolute atomic E-state index is 11.9. The number of hydrogen-bond acceptors (Lipinski definition) is 4. The maximum atomic E-state index is 11.9. The lowest BCUT2D eigenvalue weighted by molar-refractivity contribution is -0.124. The third-order valence-electron chi connectivity index (χ3n) is 3.14. The van der Waals surface area contributed by atoms with Crippen LogP contribution in [0.2, 0.25) is 0 Å². The van der Waals surface area contributed by atoms with Gasteiger partial charge in [-0.2, -0.15) is 0 Å². The Balaban J connectivity index is 1.65. The molecule has 6 heteroatoms. The Labute approximate surface area is 154 Å². The minimum atomic E-state index is -0.522. The first-order valence-corrected chi connectivity index (χ1v) is 9.22. The van der Waals surface area contributed by atoms with E-state index in [9.17, 15) is 9.59 Å². The molecule has 0 atom stereocenters. The van der Waals surface area contributed by atoms with Crippen molar-refractivity contribution in [1.29, 1.82) is 0 Å². The van der Waals surface area contributed by atoms with Gasteiger partial charge in [-0.05, 0) is 47.1 Å². The third kappa shape index (κ3) is 6.02. The summed E-state index contributed by atoms with van der Waals surface area (Å²) in [6.45, 7) is 2.28. The molecule has 2 aromatic rings. The smallest absolute Gasteiger partial charge is 0.339 e. The predicted molar refractivity (Wildman–Crippen MR) is 99.3 cm³/mol. The molecule has 1 N–H and O–H groups in total. The molecular weight excluding hydrogens is 390 g/mol. The quantitative estimate of drug-likeness (QED) is 0.430. The van der Waals surface area contributed by atoms with Crippen molar-refractivity contribution >= 4 is 39.6 Å². The summed E-state index contributed by atoms with van der Waals surface area (Å²) < 4.78 is 5.65. The van der Waals surface area contributed by atoms with Crippen molar-refractivity contribution in [2.24, 2.45) is 0 Å². The molecule has 0 saturated carbocycles. The van der Waals surface area contributed by atoms with E-state index >= 15 is 0 Å². The first-order valence-electron chi connectivity index (χ1n) is 7.44. The van der Waals surface area contributed by atoms with Gasteiger partial charge < -0.3 is 10.1 Å². The Morgan fingerprint density at radius 1 is 1.12 bits per heavy atom. The summed E-state index contributed by atoms with van der Waals surface area (Å²) in [4.78, 5) is 24.7. The van der Waals surface area contributed by atoms with E-state index in [1.807, 2.05) is 6.92 Å². The number of halogens is 1. The fraction of sp³-hybridized carbons (Fsp3) is 0.222. The van der Waals surface area contributed by atoms with E-state index in [1.54, 1.807) is 36.0 Å². The second kappa shape index (κ2) is 9.49. The number of esters is 1. The monoisotopic (exact) mass is 407 g/mol. The summed E-state index contributed by atoms with van der Waals surface area (Å²) in [5.41, 5.74) is 1.62. The van der Waals surface area contributed by atoms with Crippen molar-refractivity contribution in [3.63, 3.8) is 0 Å². The van der Waals surface area contributed by atoms with Gasteiger partial charge in [0.15, 0.2) is 6.61 Å². The molecule has 126 valence electrons. The molecule has 0 bridgehead atoms. The van der Waals surface area contributed by atoms with Crippen LogP contribution >= 0.6 is 27.7 Å². The van der Waals surface area contributed by atoms with Gasteiger partial charge in [0.2, 0.25) is 0 Å². The Kier molecular flexibility index (Phi) is 7.34. The lowest BCUT2D eigenvalue weighted by Crippen LogP contribution is -2.30. The molecule has 2 rings (SSSR count). The third-order valence-corrected chi connectivity index (χ3v) is 4.85. The molecule has 0 spiro atoms. The number of benzene rings is 2. The van der Waals surface area contributed by atoms with E-state index in [1.165, 1.54) is 5.56 Å². The van der Waals surface area contributed by atoms with Gasteiger partial charge in [0.05, 0.1) is 5.56 Å². The highest BCUT2D eigenvalue weighted by Crippen LogP contribution is 2.18. The topological polar surface area (TPSA) is 55.4 Å². The van der Waals surface area contributed by atoms with Crippen molar-refractivity contribution in [3.8, 4) is 0 Å². The molecule has 0 aliphatic carbocycles. The maximum Gasteiger partial charge on any atom is 0.339 e. The number of hydrogen-bond donors (Lipinski definition) is 1. The summed E-state index contributed by atoms with van der Waals surface area (Å²) in [5.74, 6) is -0.0703. The van der Waals surface area contributed by atoms with E-state index in [0.717, 1.165) is 10.6 Å². The number of ether oxygens (including phenoxy) is 1. The van der Waals surface area contributed by atoms with Crippen LogP contribution in [-0.2, 0) is 9.53 Å². The summed E-state index contributed by atoms with van der Waals surface area (Å²) in [6.07, 6.45) is 0. The zero-order valence-corrected chi connectivity index (χ0v) is 15.7. The van der Waals surface area contributed by atoms with Gasteiger partial charge in [-0.1, -0.05) is 29.8 Å². The first kappa shape index (κ1) is 18.5. The molecule has 0 radical (unpaired) electrons. The number of amides is 1. The Morgan fingerprint density at radius 2 is 1.83 bits per heavy atom. The van der Waals surface area contributed by atoms with Gasteiger partial charge in [-0.3, -0.25) is 4.79 Å². The summed E-state index contributed by atoms with van der Waals surface area (Å²) in [5, 5.41) is 2.74. The minimum Gasteiger partial charge on any atom is -0.452 e. The van der Waals surface area contributed by atoms with Gasteiger partial charge in [0.25, 0.3) is 5.91 Å². The van der Waals surface area contributed by atoms with E-state index in [4.69, 9.17) is 4.74 Å². The molecule has 0 aliphatic heterocycles. The number of carbonyl (C=O) groups excluding carboxylic acids is 2. The molecule has 0 aliphatic rings. The van der Waals surface area contributed by atoms with Crippen molar-refractivity contribution in [1.82, 2.24) is 5.32 Å². The molecule has 4 nitrogen and oxygen atoms in total. The number of carbonyl (C=O) groups is 2. The van der Waals surface area contributed by atoms with Crippen molar-refractivity contribution in [2.45, 2.75) is 11.8 Å². The molecule has 1 amide bonds. The van der Waals surface area contributed by atoms with Gasteiger partial charge in [0, 0.05) is 21.7 Å². The molecule has 24 heavy (non-hydrogen) atoms. The van der Waals surface area contributed by atoms with Crippen LogP contribution in [-0.4, -0.2) is 30.8 Å². The number of rotatable bonds is 7.